The minimum atomic E-state index is -4.94. The third-order valence-electron chi connectivity index (χ3n) is 8.51. The Morgan fingerprint density at radius 2 is 1.83 bits per heavy atom. The summed E-state index contributed by atoms with van der Waals surface area (Å²) in [4.78, 5) is 34.2. The highest BCUT2D eigenvalue weighted by Crippen LogP contribution is 2.39. The normalized spacial score (nSPS) is 18.0. The zero-order chi connectivity index (χ0) is 34.5. The van der Waals surface area contributed by atoms with Gasteiger partial charge in [0.2, 0.25) is 5.91 Å². The summed E-state index contributed by atoms with van der Waals surface area (Å²) < 4.78 is 55.3. The fourth-order valence-electron chi connectivity index (χ4n) is 5.83. The summed E-state index contributed by atoms with van der Waals surface area (Å²) in [5.41, 5.74) is -0.928. The third-order valence-corrected chi connectivity index (χ3v) is 10.2. The predicted molar refractivity (Wildman–Crippen MR) is 176 cm³/mol. The van der Waals surface area contributed by atoms with Crippen molar-refractivity contribution in [1.29, 1.82) is 5.26 Å². The quantitative estimate of drug-likeness (QED) is 0.214. The number of nitrogens with zero attached hydrogens (tertiary/aromatic N) is 6. The molecule has 1 N–H and O–H groups in total. The summed E-state index contributed by atoms with van der Waals surface area (Å²) in [5.74, 6) is 0.664. The van der Waals surface area contributed by atoms with E-state index in [0.717, 1.165) is 29.2 Å². The first-order valence-electron chi connectivity index (χ1n) is 15.9. The molecule has 0 unspecified atom stereocenters. The highest BCUT2D eigenvalue weighted by molar-refractivity contribution is 6.76. The molecule has 1 amide bonds. The summed E-state index contributed by atoms with van der Waals surface area (Å²) in [6.45, 7) is 8.68. The molecule has 1 aliphatic carbocycles. The van der Waals surface area contributed by atoms with E-state index in [1.807, 2.05) is 24.3 Å². The van der Waals surface area contributed by atoms with E-state index in [4.69, 9.17) is 14.7 Å². The summed E-state index contributed by atoms with van der Waals surface area (Å²) in [5, 5.41) is 15.9. The van der Waals surface area contributed by atoms with Crippen molar-refractivity contribution in [3.05, 3.63) is 81.4 Å². The second-order valence-corrected chi connectivity index (χ2v) is 18.8. The Morgan fingerprint density at radius 3 is 2.50 bits per heavy atom. The first-order chi connectivity index (χ1) is 22.8. The number of alkyl halides is 3. The van der Waals surface area contributed by atoms with Gasteiger partial charge in [-0.15, -0.1) is 0 Å². The molecule has 1 aromatic carbocycles. The number of carbonyl (C=O) groups is 1. The van der Waals surface area contributed by atoms with Crippen LogP contribution in [-0.2, 0) is 33.6 Å². The van der Waals surface area contributed by atoms with Crippen molar-refractivity contribution in [3.8, 4) is 6.07 Å². The number of piperazine rings is 1. The van der Waals surface area contributed by atoms with Crippen LogP contribution in [0.4, 0.5) is 24.7 Å². The molecule has 15 heteroatoms. The highest BCUT2D eigenvalue weighted by Gasteiger charge is 2.41. The second kappa shape index (κ2) is 14.9. The minimum Gasteiger partial charge on any atom is -0.375 e. The van der Waals surface area contributed by atoms with Gasteiger partial charge in [0.25, 0.3) is 5.56 Å². The van der Waals surface area contributed by atoms with Gasteiger partial charge in [-0.05, 0) is 29.3 Å². The molecule has 0 bridgehead atoms. The summed E-state index contributed by atoms with van der Waals surface area (Å²) in [6.07, 6.45) is -2.45. The van der Waals surface area contributed by atoms with Crippen LogP contribution in [0.3, 0.4) is 0 Å². The number of ether oxygens (including phenoxy) is 2. The lowest BCUT2D eigenvalue weighted by Gasteiger charge is -2.35. The number of benzene rings is 1. The molecule has 3 heterocycles. The summed E-state index contributed by atoms with van der Waals surface area (Å²) in [7, 11) is -1.42. The lowest BCUT2D eigenvalue weighted by atomic mass is 10.1. The largest absolute Gasteiger partial charge is 0.423 e. The maximum absolute atomic E-state index is 14.3. The van der Waals surface area contributed by atoms with E-state index >= 15 is 0 Å². The van der Waals surface area contributed by atoms with Crippen molar-refractivity contribution >= 4 is 25.5 Å². The molecule has 1 fully saturated rings. The number of hydrogen-bond acceptors (Lipinski definition) is 9. The molecule has 2 aromatic heterocycles. The van der Waals surface area contributed by atoms with Gasteiger partial charge in [-0.2, -0.15) is 23.5 Å². The average molecular weight is 684 g/mol. The Hall–Kier alpha value is -4.26. The Labute approximate surface area is 278 Å². The zero-order valence-corrected chi connectivity index (χ0v) is 28.3. The van der Waals surface area contributed by atoms with Crippen LogP contribution in [-0.4, -0.2) is 79.1 Å². The molecule has 0 radical (unpaired) electrons. The van der Waals surface area contributed by atoms with E-state index in [9.17, 15) is 22.8 Å². The van der Waals surface area contributed by atoms with Gasteiger partial charge >= 0.3 is 6.18 Å². The Kier molecular flexibility index (Phi) is 10.9. The maximum atomic E-state index is 14.3. The number of hydrogen-bond donors (Lipinski definition) is 1. The molecular formula is C33H40F3N7O4Si. The third kappa shape index (κ3) is 8.60. The summed E-state index contributed by atoms with van der Waals surface area (Å²) >= 11 is 0. The molecule has 3 aromatic rings. The van der Waals surface area contributed by atoms with Crippen LogP contribution in [0.2, 0.25) is 25.7 Å². The van der Waals surface area contributed by atoms with Gasteiger partial charge < -0.3 is 24.6 Å². The van der Waals surface area contributed by atoms with Crippen LogP contribution in [0, 0.1) is 11.3 Å². The van der Waals surface area contributed by atoms with Crippen LogP contribution in [0.5, 0.6) is 0 Å². The van der Waals surface area contributed by atoms with Gasteiger partial charge in [-0.3, -0.25) is 9.59 Å². The van der Waals surface area contributed by atoms with Crippen LogP contribution >= 0.6 is 0 Å². The molecule has 2 aliphatic rings. The van der Waals surface area contributed by atoms with Crippen molar-refractivity contribution in [3.63, 3.8) is 0 Å². The number of fused-ring (bicyclic) bond motifs is 1. The summed E-state index contributed by atoms with van der Waals surface area (Å²) in [6, 6.07) is 13.0. The molecule has 11 nitrogen and oxygen atoms in total. The van der Waals surface area contributed by atoms with E-state index in [1.165, 1.54) is 6.20 Å². The number of carbonyl (C=O) groups excluding carboxylic acids is 1. The minimum absolute atomic E-state index is 0.0772. The first kappa shape index (κ1) is 35.1. The standard InChI is InChI=1S/C33H40F3N7O4Si/c1-48(2,3)17-16-46-22-43-32(45)30(33(34,35)36)26(21-39-43)40-31-25-7-5-4-6-24(25)18-27(31)47-15-10-29(44)42-13-11-41(12-14-42)28-9-8-23(19-37)20-38-28/h4-9,20-21,27,31,40H,10-18,22H2,1-3H3/t27-,31-/m0/s1. The molecule has 1 aliphatic heterocycles. The highest BCUT2D eigenvalue weighted by atomic mass is 28.3. The Bertz CT molecular complexity index is 1680. The van der Waals surface area contributed by atoms with Gasteiger partial charge in [0.1, 0.15) is 24.2 Å². The lowest BCUT2D eigenvalue weighted by molar-refractivity contribution is -0.139. The zero-order valence-electron chi connectivity index (χ0n) is 27.3. The van der Waals surface area contributed by atoms with Gasteiger partial charge in [0.15, 0.2) is 0 Å². The Balaban J connectivity index is 1.22. The van der Waals surface area contributed by atoms with Crippen molar-refractivity contribution in [2.45, 2.75) is 63.6 Å². The number of pyridine rings is 1. The predicted octanol–water partition coefficient (Wildman–Crippen LogP) is 4.67. The van der Waals surface area contributed by atoms with Crippen molar-refractivity contribution in [2.75, 3.05) is 49.6 Å². The number of halogens is 3. The molecule has 48 heavy (non-hydrogen) atoms. The van der Waals surface area contributed by atoms with Crippen LogP contribution < -0.4 is 15.8 Å². The van der Waals surface area contributed by atoms with Gasteiger partial charge in [-0.25, -0.2) is 9.67 Å². The molecule has 0 saturated carbocycles. The smallest absolute Gasteiger partial charge is 0.375 e. The molecule has 1 saturated heterocycles. The van der Waals surface area contributed by atoms with Crippen molar-refractivity contribution in [1.82, 2.24) is 19.7 Å². The topological polar surface area (TPSA) is 126 Å². The van der Waals surface area contributed by atoms with E-state index in [1.54, 1.807) is 23.1 Å². The molecule has 0 spiro atoms. The van der Waals surface area contributed by atoms with Crippen LogP contribution in [0.15, 0.2) is 53.6 Å². The fourth-order valence-corrected chi connectivity index (χ4v) is 6.58. The lowest BCUT2D eigenvalue weighted by Crippen LogP contribution is -2.49. The SMILES string of the molecule is C[Si](C)(C)CCOCn1ncc(N[C@H]2c3ccccc3C[C@@H]2OCCC(=O)N2CCN(c3ccc(C#N)cn3)CC2)c(C(F)(F)F)c1=O. The number of aromatic nitrogens is 3. The first-order valence-corrected chi connectivity index (χ1v) is 19.6. The van der Waals surface area contributed by atoms with Crippen molar-refractivity contribution < 1.29 is 27.4 Å². The molecule has 2 atom stereocenters. The second-order valence-electron chi connectivity index (χ2n) is 13.2. The average Bonchev–Trinajstić information content (AvgIpc) is 3.39. The number of rotatable bonds is 12. The van der Waals surface area contributed by atoms with E-state index < -0.39 is 43.2 Å². The maximum Gasteiger partial charge on any atom is 0.423 e. The van der Waals surface area contributed by atoms with E-state index in [-0.39, 0.29) is 25.7 Å². The van der Waals surface area contributed by atoms with Gasteiger partial charge in [0.05, 0.1) is 42.6 Å². The van der Waals surface area contributed by atoms with Gasteiger partial charge in [-0.1, -0.05) is 43.9 Å². The number of amides is 1. The van der Waals surface area contributed by atoms with Crippen LogP contribution in [0.1, 0.15) is 34.7 Å². The number of nitriles is 1. The fraction of sp³-hybridized carbons (Fsp3) is 0.485. The molecule has 256 valence electrons. The number of anilines is 2. The van der Waals surface area contributed by atoms with E-state index in [0.29, 0.717) is 49.5 Å². The van der Waals surface area contributed by atoms with Gasteiger partial charge in [0, 0.05) is 53.5 Å². The van der Waals surface area contributed by atoms with E-state index in [2.05, 4.69) is 39.9 Å². The van der Waals surface area contributed by atoms with Crippen LogP contribution in [0.25, 0.3) is 0 Å². The number of nitrogens with one attached hydrogen (secondary N) is 1. The molecule has 5 rings (SSSR count). The Morgan fingerprint density at radius 1 is 1.08 bits per heavy atom. The molecular weight excluding hydrogens is 643 g/mol. The van der Waals surface area contributed by atoms with Crippen molar-refractivity contribution in [2.24, 2.45) is 0 Å². The monoisotopic (exact) mass is 683 g/mol.